The molecule has 6 heteroatoms. The van der Waals surface area contributed by atoms with Crippen LogP contribution in [0, 0.1) is 0 Å². The Hall–Kier alpha value is -3.41. The lowest BCUT2D eigenvalue weighted by molar-refractivity contribution is 0.0731. The number of anilines is 1. The van der Waals surface area contributed by atoms with Crippen molar-refractivity contribution in [1.82, 2.24) is 14.9 Å². The highest BCUT2D eigenvalue weighted by Crippen LogP contribution is 2.29. The summed E-state index contributed by atoms with van der Waals surface area (Å²) in [5, 5.41) is 9.68. The third-order valence-corrected chi connectivity index (χ3v) is 4.88. The van der Waals surface area contributed by atoms with Crippen molar-refractivity contribution in [3.63, 3.8) is 0 Å². The van der Waals surface area contributed by atoms with Crippen LogP contribution in [0.1, 0.15) is 21.6 Å². The van der Waals surface area contributed by atoms with Gasteiger partial charge in [0.15, 0.2) is 5.82 Å². The highest BCUT2D eigenvalue weighted by atomic mass is 16.3. The normalized spacial score (nSPS) is 13.1. The van der Waals surface area contributed by atoms with Gasteiger partial charge in [0.1, 0.15) is 11.6 Å². The van der Waals surface area contributed by atoms with E-state index in [1.807, 2.05) is 49.3 Å². The lowest BCUT2D eigenvalue weighted by Gasteiger charge is -2.30. The number of benzene rings is 2. The van der Waals surface area contributed by atoms with Gasteiger partial charge >= 0.3 is 0 Å². The van der Waals surface area contributed by atoms with Gasteiger partial charge in [-0.25, -0.2) is 9.97 Å². The Kier molecular flexibility index (Phi) is 4.69. The highest BCUT2D eigenvalue weighted by Gasteiger charge is 2.27. The van der Waals surface area contributed by atoms with E-state index in [0.717, 1.165) is 22.6 Å². The minimum atomic E-state index is -0.104. The van der Waals surface area contributed by atoms with E-state index in [4.69, 9.17) is 9.97 Å². The Morgan fingerprint density at radius 3 is 2.57 bits per heavy atom. The van der Waals surface area contributed by atoms with E-state index in [0.29, 0.717) is 30.9 Å². The van der Waals surface area contributed by atoms with Gasteiger partial charge in [0.05, 0.1) is 12.2 Å². The van der Waals surface area contributed by atoms with Crippen LogP contribution in [-0.2, 0) is 13.0 Å². The number of phenols is 1. The van der Waals surface area contributed by atoms with E-state index >= 15 is 0 Å². The van der Waals surface area contributed by atoms with Crippen molar-refractivity contribution in [2.24, 2.45) is 0 Å². The first kappa shape index (κ1) is 18.0. The van der Waals surface area contributed by atoms with Crippen molar-refractivity contribution >= 4 is 11.7 Å². The van der Waals surface area contributed by atoms with Crippen LogP contribution >= 0.6 is 0 Å². The van der Waals surface area contributed by atoms with Crippen LogP contribution in [-0.4, -0.2) is 46.5 Å². The maximum Gasteiger partial charge on any atom is 0.254 e. The van der Waals surface area contributed by atoms with Crippen LogP contribution in [0.3, 0.4) is 0 Å². The lowest BCUT2D eigenvalue weighted by Crippen LogP contribution is -2.37. The van der Waals surface area contributed by atoms with E-state index < -0.39 is 0 Å². The minimum Gasteiger partial charge on any atom is -0.508 e. The zero-order valence-electron chi connectivity index (χ0n) is 16.0. The first-order valence-corrected chi connectivity index (χ1v) is 9.24. The largest absolute Gasteiger partial charge is 0.508 e. The predicted molar refractivity (Wildman–Crippen MR) is 108 cm³/mol. The first-order valence-electron chi connectivity index (χ1n) is 9.24. The summed E-state index contributed by atoms with van der Waals surface area (Å²) in [7, 11) is 3.95. The number of hydrogen-bond acceptors (Lipinski definition) is 5. The molecule has 0 unspecified atom stereocenters. The summed E-state index contributed by atoms with van der Waals surface area (Å²) >= 11 is 0. The fourth-order valence-corrected chi connectivity index (χ4v) is 3.49. The third-order valence-electron chi connectivity index (χ3n) is 4.88. The van der Waals surface area contributed by atoms with E-state index in [1.165, 1.54) is 6.07 Å². The SMILES string of the molecule is CN(C)c1nc(-c2ccccc2)nc2c1CCN(C(=O)c1cccc(O)c1)C2. The molecule has 0 aliphatic carbocycles. The van der Waals surface area contributed by atoms with Gasteiger partial charge in [-0.05, 0) is 24.6 Å². The fraction of sp³-hybridized carbons (Fsp3) is 0.227. The highest BCUT2D eigenvalue weighted by molar-refractivity contribution is 5.94. The molecule has 2 aromatic carbocycles. The molecule has 1 N–H and O–H groups in total. The van der Waals surface area contributed by atoms with Crippen molar-refractivity contribution in [2.75, 3.05) is 25.5 Å². The van der Waals surface area contributed by atoms with Gasteiger partial charge in [-0.1, -0.05) is 36.4 Å². The third kappa shape index (κ3) is 3.41. The van der Waals surface area contributed by atoms with Gasteiger partial charge < -0.3 is 14.9 Å². The van der Waals surface area contributed by atoms with Gasteiger partial charge in [-0.15, -0.1) is 0 Å². The van der Waals surface area contributed by atoms with E-state index in [1.54, 1.807) is 23.1 Å². The van der Waals surface area contributed by atoms with Crippen LogP contribution < -0.4 is 4.90 Å². The number of nitrogens with zero attached hydrogens (tertiary/aromatic N) is 4. The molecule has 4 rings (SSSR count). The number of amides is 1. The summed E-state index contributed by atoms with van der Waals surface area (Å²) in [5.74, 6) is 1.54. The molecular weight excluding hydrogens is 352 g/mol. The van der Waals surface area contributed by atoms with Gasteiger partial charge in [0.2, 0.25) is 0 Å². The quantitative estimate of drug-likeness (QED) is 0.763. The van der Waals surface area contributed by atoms with Gasteiger partial charge in [0.25, 0.3) is 5.91 Å². The molecule has 2 heterocycles. The molecule has 1 aliphatic heterocycles. The van der Waals surface area contributed by atoms with Gasteiger partial charge in [-0.3, -0.25) is 4.79 Å². The maximum atomic E-state index is 12.9. The summed E-state index contributed by atoms with van der Waals surface area (Å²) in [6.45, 7) is 1.02. The number of aromatic hydroxyl groups is 1. The molecule has 1 aromatic heterocycles. The Morgan fingerprint density at radius 1 is 1.07 bits per heavy atom. The summed E-state index contributed by atoms with van der Waals surface area (Å²) in [6, 6.07) is 16.3. The Balaban J connectivity index is 1.71. The average molecular weight is 374 g/mol. The van der Waals surface area contributed by atoms with Crippen molar-refractivity contribution in [2.45, 2.75) is 13.0 Å². The standard InChI is InChI=1S/C22H22N4O2/c1-25(2)21-18-11-12-26(22(28)16-9-6-10-17(27)13-16)14-19(18)23-20(24-21)15-7-4-3-5-8-15/h3-10,13,27H,11-12,14H2,1-2H3. The topological polar surface area (TPSA) is 69.6 Å². The molecule has 3 aromatic rings. The molecule has 28 heavy (non-hydrogen) atoms. The van der Waals surface area contributed by atoms with Crippen LogP contribution in [0.15, 0.2) is 54.6 Å². The molecule has 0 fully saturated rings. The second kappa shape index (κ2) is 7.31. The molecule has 0 spiro atoms. The number of aromatic nitrogens is 2. The lowest BCUT2D eigenvalue weighted by atomic mass is 10.0. The second-order valence-electron chi connectivity index (χ2n) is 7.08. The Bertz CT molecular complexity index is 1020. The smallest absolute Gasteiger partial charge is 0.254 e. The van der Waals surface area contributed by atoms with Crippen LogP contribution in [0.5, 0.6) is 5.75 Å². The molecule has 1 aliphatic rings. The zero-order chi connectivity index (χ0) is 19.7. The van der Waals surface area contributed by atoms with Crippen molar-refractivity contribution in [3.05, 3.63) is 71.4 Å². The van der Waals surface area contributed by atoms with Crippen LogP contribution in [0.2, 0.25) is 0 Å². The van der Waals surface area contributed by atoms with Crippen molar-refractivity contribution < 1.29 is 9.90 Å². The number of carbonyl (C=O) groups is 1. The number of carbonyl (C=O) groups excluding carboxylic acids is 1. The molecule has 142 valence electrons. The zero-order valence-corrected chi connectivity index (χ0v) is 16.0. The molecule has 0 bridgehead atoms. The summed E-state index contributed by atoms with van der Waals surface area (Å²) in [5.41, 5.74) is 3.39. The minimum absolute atomic E-state index is 0.0897. The number of hydrogen-bond donors (Lipinski definition) is 1. The van der Waals surface area contributed by atoms with Gasteiger partial charge in [-0.2, -0.15) is 0 Å². The van der Waals surface area contributed by atoms with Crippen molar-refractivity contribution in [1.29, 1.82) is 0 Å². The van der Waals surface area contributed by atoms with E-state index in [2.05, 4.69) is 0 Å². The summed E-state index contributed by atoms with van der Waals surface area (Å²) in [4.78, 5) is 26.2. The molecular formula is C22H22N4O2. The molecule has 1 amide bonds. The van der Waals surface area contributed by atoms with E-state index in [-0.39, 0.29) is 11.7 Å². The fourth-order valence-electron chi connectivity index (χ4n) is 3.49. The number of rotatable bonds is 3. The van der Waals surface area contributed by atoms with Crippen LogP contribution in [0.25, 0.3) is 11.4 Å². The van der Waals surface area contributed by atoms with Gasteiger partial charge in [0, 0.05) is 37.3 Å². The monoisotopic (exact) mass is 374 g/mol. The molecule has 6 nitrogen and oxygen atoms in total. The Morgan fingerprint density at radius 2 is 1.86 bits per heavy atom. The molecule has 0 radical (unpaired) electrons. The molecule has 0 saturated heterocycles. The molecule has 0 saturated carbocycles. The molecule has 0 atom stereocenters. The average Bonchev–Trinajstić information content (AvgIpc) is 2.72. The predicted octanol–water partition coefficient (Wildman–Crippen LogP) is 3.11. The van der Waals surface area contributed by atoms with Crippen molar-refractivity contribution in [3.8, 4) is 17.1 Å². The van der Waals surface area contributed by atoms with Crippen LogP contribution in [0.4, 0.5) is 5.82 Å². The Labute approximate surface area is 164 Å². The maximum absolute atomic E-state index is 12.9. The summed E-state index contributed by atoms with van der Waals surface area (Å²) < 4.78 is 0. The number of phenolic OH excluding ortho intramolecular Hbond substituents is 1. The first-order chi connectivity index (χ1) is 13.5. The second-order valence-corrected chi connectivity index (χ2v) is 7.08. The number of fused-ring (bicyclic) bond motifs is 1. The summed E-state index contributed by atoms with van der Waals surface area (Å²) in [6.07, 6.45) is 0.697. The van der Waals surface area contributed by atoms with E-state index in [9.17, 15) is 9.90 Å².